The molecule has 0 amide bonds. The summed E-state index contributed by atoms with van der Waals surface area (Å²) in [7, 11) is 1.68. The summed E-state index contributed by atoms with van der Waals surface area (Å²) in [5.74, 6) is 0.879. The first-order valence-electron chi connectivity index (χ1n) is 5.69. The Labute approximate surface area is 95.0 Å². The van der Waals surface area contributed by atoms with Gasteiger partial charge in [-0.15, -0.1) is 0 Å². The molecule has 3 rings (SSSR count). The number of methoxy groups -OCH3 is 1. The van der Waals surface area contributed by atoms with E-state index in [1.807, 2.05) is 6.07 Å². The number of ether oxygens (including phenoxy) is 2. The van der Waals surface area contributed by atoms with Crippen LogP contribution in [-0.2, 0) is 24.4 Å². The minimum atomic E-state index is -0.471. The van der Waals surface area contributed by atoms with Gasteiger partial charge in [0.25, 0.3) is 0 Å². The minimum absolute atomic E-state index is 0.471. The first kappa shape index (κ1) is 10.1. The smallest absolute Gasteiger partial charge is 0.122 e. The number of rotatable bonds is 3. The lowest BCUT2D eigenvalue weighted by molar-refractivity contribution is 0.134. The van der Waals surface area contributed by atoms with Crippen LogP contribution in [0, 0.1) is 0 Å². The van der Waals surface area contributed by atoms with Gasteiger partial charge in [0, 0.05) is 6.42 Å². The van der Waals surface area contributed by atoms with Crippen LogP contribution < -0.4 is 4.74 Å². The zero-order chi connectivity index (χ0) is 11.2. The number of hydrogen-bond donors (Lipinski definition) is 1. The van der Waals surface area contributed by atoms with Crippen molar-refractivity contribution in [3.63, 3.8) is 0 Å². The third-order valence-corrected chi connectivity index (χ3v) is 3.46. The normalized spacial score (nSPS) is 20.6. The highest BCUT2D eigenvalue weighted by Gasteiger charge is 2.41. The summed E-state index contributed by atoms with van der Waals surface area (Å²) in [6, 6.07) is 4.17. The van der Waals surface area contributed by atoms with Crippen molar-refractivity contribution < 1.29 is 14.6 Å². The lowest BCUT2D eigenvalue weighted by atomic mass is 10.00. The van der Waals surface area contributed by atoms with E-state index in [-0.39, 0.29) is 0 Å². The molecule has 1 saturated carbocycles. The van der Waals surface area contributed by atoms with E-state index < -0.39 is 5.60 Å². The second kappa shape index (κ2) is 3.47. The fraction of sp³-hybridized carbons (Fsp3) is 0.538. The van der Waals surface area contributed by atoms with E-state index in [9.17, 15) is 5.11 Å². The molecule has 86 valence electrons. The topological polar surface area (TPSA) is 38.7 Å². The summed E-state index contributed by atoms with van der Waals surface area (Å²) in [6.07, 6.45) is 2.51. The molecule has 0 bridgehead atoms. The number of benzene rings is 1. The van der Waals surface area contributed by atoms with Gasteiger partial charge in [-0.3, -0.25) is 0 Å². The number of hydrogen-bond acceptors (Lipinski definition) is 3. The summed E-state index contributed by atoms with van der Waals surface area (Å²) in [6.45, 7) is 1.36. The fourth-order valence-electron chi connectivity index (χ4n) is 2.26. The van der Waals surface area contributed by atoms with Crippen molar-refractivity contribution in [2.75, 3.05) is 7.11 Å². The van der Waals surface area contributed by atoms with E-state index in [0.717, 1.165) is 24.2 Å². The molecule has 3 heteroatoms. The third-order valence-electron chi connectivity index (χ3n) is 3.46. The molecule has 0 atom stereocenters. The molecule has 0 saturated heterocycles. The second-order valence-corrected chi connectivity index (χ2v) is 4.83. The minimum Gasteiger partial charge on any atom is -0.496 e. The molecule has 1 aromatic carbocycles. The lowest BCUT2D eigenvalue weighted by Gasteiger charge is -2.13. The molecule has 1 aromatic rings. The van der Waals surface area contributed by atoms with Gasteiger partial charge in [0.05, 0.1) is 25.9 Å². The van der Waals surface area contributed by atoms with E-state index in [2.05, 4.69) is 6.07 Å². The van der Waals surface area contributed by atoms with Crippen LogP contribution >= 0.6 is 0 Å². The van der Waals surface area contributed by atoms with Crippen LogP contribution in [0.25, 0.3) is 0 Å². The first-order valence-corrected chi connectivity index (χ1v) is 5.69. The van der Waals surface area contributed by atoms with Gasteiger partial charge < -0.3 is 14.6 Å². The Kier molecular flexibility index (Phi) is 2.19. The summed E-state index contributed by atoms with van der Waals surface area (Å²) >= 11 is 0. The predicted octanol–water partition coefficient (Wildman–Crippen LogP) is 1.79. The van der Waals surface area contributed by atoms with Crippen molar-refractivity contribution in [2.45, 2.75) is 38.1 Å². The van der Waals surface area contributed by atoms with Gasteiger partial charge in [-0.05, 0) is 41.7 Å². The first-order chi connectivity index (χ1) is 7.70. The van der Waals surface area contributed by atoms with Crippen molar-refractivity contribution in [3.05, 3.63) is 28.8 Å². The molecule has 0 spiro atoms. The molecule has 1 aliphatic heterocycles. The van der Waals surface area contributed by atoms with Crippen LogP contribution in [0.4, 0.5) is 0 Å². The monoisotopic (exact) mass is 220 g/mol. The maximum absolute atomic E-state index is 9.96. The van der Waals surface area contributed by atoms with Crippen LogP contribution in [0.15, 0.2) is 12.1 Å². The fourth-order valence-corrected chi connectivity index (χ4v) is 2.26. The van der Waals surface area contributed by atoms with Gasteiger partial charge in [0.15, 0.2) is 0 Å². The molecule has 16 heavy (non-hydrogen) atoms. The molecule has 0 unspecified atom stereocenters. The van der Waals surface area contributed by atoms with E-state index in [0.29, 0.717) is 19.6 Å². The Balaban J connectivity index is 1.95. The lowest BCUT2D eigenvalue weighted by Crippen LogP contribution is -2.12. The van der Waals surface area contributed by atoms with E-state index in [4.69, 9.17) is 9.47 Å². The van der Waals surface area contributed by atoms with Crippen molar-refractivity contribution in [1.82, 2.24) is 0 Å². The second-order valence-electron chi connectivity index (χ2n) is 4.83. The Hall–Kier alpha value is -1.06. The van der Waals surface area contributed by atoms with Gasteiger partial charge in [-0.1, -0.05) is 0 Å². The summed E-state index contributed by atoms with van der Waals surface area (Å²) < 4.78 is 10.8. The highest BCUT2D eigenvalue weighted by atomic mass is 16.5. The highest BCUT2D eigenvalue weighted by molar-refractivity contribution is 5.44. The van der Waals surface area contributed by atoms with E-state index in [1.54, 1.807) is 7.11 Å². The summed E-state index contributed by atoms with van der Waals surface area (Å²) in [4.78, 5) is 0. The standard InChI is InChI=1S/C13H16O3/c1-15-12-5-11-8-16-7-10(11)4-9(12)6-13(14)2-3-13/h4-5,14H,2-3,6-8H2,1H3. The summed E-state index contributed by atoms with van der Waals surface area (Å²) in [5.41, 5.74) is 3.08. The van der Waals surface area contributed by atoms with Gasteiger partial charge in [0.1, 0.15) is 5.75 Å². The Bertz CT molecular complexity index is 421. The molecule has 1 N–H and O–H groups in total. The van der Waals surface area contributed by atoms with Gasteiger partial charge in [-0.25, -0.2) is 0 Å². The largest absolute Gasteiger partial charge is 0.496 e. The van der Waals surface area contributed by atoms with E-state index in [1.165, 1.54) is 11.1 Å². The molecular weight excluding hydrogens is 204 g/mol. The quantitative estimate of drug-likeness (QED) is 0.844. The van der Waals surface area contributed by atoms with Crippen LogP contribution in [0.3, 0.4) is 0 Å². The Morgan fingerprint density at radius 3 is 2.62 bits per heavy atom. The maximum Gasteiger partial charge on any atom is 0.122 e. The highest BCUT2D eigenvalue weighted by Crippen LogP contribution is 2.41. The molecule has 0 radical (unpaired) electrons. The molecule has 1 heterocycles. The van der Waals surface area contributed by atoms with Crippen molar-refractivity contribution >= 4 is 0 Å². The molecule has 1 fully saturated rings. The zero-order valence-electron chi connectivity index (χ0n) is 9.45. The zero-order valence-corrected chi connectivity index (χ0v) is 9.45. The van der Waals surface area contributed by atoms with Crippen LogP contribution in [0.1, 0.15) is 29.5 Å². The number of fused-ring (bicyclic) bond motifs is 1. The van der Waals surface area contributed by atoms with Crippen molar-refractivity contribution in [2.24, 2.45) is 0 Å². The molecule has 1 aliphatic carbocycles. The third kappa shape index (κ3) is 1.70. The van der Waals surface area contributed by atoms with Crippen molar-refractivity contribution in [3.8, 4) is 5.75 Å². The average molecular weight is 220 g/mol. The van der Waals surface area contributed by atoms with Gasteiger partial charge >= 0.3 is 0 Å². The van der Waals surface area contributed by atoms with Gasteiger partial charge in [0.2, 0.25) is 0 Å². The van der Waals surface area contributed by atoms with Gasteiger partial charge in [-0.2, -0.15) is 0 Å². The van der Waals surface area contributed by atoms with Crippen molar-refractivity contribution in [1.29, 1.82) is 0 Å². The Morgan fingerprint density at radius 1 is 1.31 bits per heavy atom. The molecule has 2 aliphatic rings. The Morgan fingerprint density at radius 2 is 2.00 bits per heavy atom. The average Bonchev–Trinajstić information content (AvgIpc) is 2.82. The predicted molar refractivity (Wildman–Crippen MR) is 59.4 cm³/mol. The summed E-state index contributed by atoms with van der Waals surface area (Å²) in [5, 5.41) is 9.96. The number of aliphatic hydroxyl groups is 1. The van der Waals surface area contributed by atoms with Crippen LogP contribution in [0.2, 0.25) is 0 Å². The SMILES string of the molecule is COc1cc2c(cc1CC1(O)CC1)COC2. The van der Waals surface area contributed by atoms with Crippen LogP contribution in [-0.4, -0.2) is 17.8 Å². The van der Waals surface area contributed by atoms with E-state index >= 15 is 0 Å². The molecular formula is C13H16O3. The molecule has 3 nitrogen and oxygen atoms in total. The van der Waals surface area contributed by atoms with Crippen LogP contribution in [0.5, 0.6) is 5.75 Å². The molecule has 0 aromatic heterocycles. The maximum atomic E-state index is 9.96.